The van der Waals surface area contributed by atoms with Gasteiger partial charge in [-0.3, -0.25) is 24.0 Å². The predicted molar refractivity (Wildman–Crippen MR) is 376 cm³/mol. The van der Waals surface area contributed by atoms with E-state index in [1.807, 2.05) is 75.5 Å². The Balaban J connectivity index is 0.931. The minimum atomic E-state index is -0.896. The Hall–Kier alpha value is -7.10. The standard InChI is InChI=1S/C79H114N4O12/c1-56(29-25-31-58(3)33-35-63-60(5)45-62(46-74(63,7)8)94-71(91)65(84)47-76(37-17-11-18-38-76)52-80-72(92)81-53-77(49-67(85)86)39-19-12-20-40-77)27-15-16-28-57(2)30-26-32-59(4)34-36-64-61(6)70(90)66(48-75(64,9)10)95-69(89)51-79(43-23-14-24-44-79)55-83-73(93)82-54-78(50-68(87)88)41-21-13-22-42-78/h15-16,25-36,62,66H,11-14,17-24,37-55H2,1-10H3,(H,85,86)(H,87,88)(H2,80,81,92)(H2,82,83,93). The van der Waals surface area contributed by atoms with Crippen molar-refractivity contribution in [2.75, 3.05) is 26.2 Å². The average Bonchev–Trinajstić information content (AvgIpc) is 0.790. The van der Waals surface area contributed by atoms with Crippen molar-refractivity contribution in [2.45, 2.75) is 255 Å². The molecule has 0 aromatic rings. The van der Waals surface area contributed by atoms with Crippen LogP contribution < -0.4 is 21.3 Å². The summed E-state index contributed by atoms with van der Waals surface area (Å²) in [5.74, 6) is -3.71. The molecule has 0 bridgehead atoms. The van der Waals surface area contributed by atoms with Gasteiger partial charge in [-0.1, -0.05) is 218 Å². The Morgan fingerprint density at radius 3 is 1.22 bits per heavy atom. The largest absolute Gasteiger partial charge is 0.481 e. The smallest absolute Gasteiger partial charge is 0.374 e. The van der Waals surface area contributed by atoms with Crippen molar-refractivity contribution < 1.29 is 58.0 Å². The maximum Gasteiger partial charge on any atom is 0.374 e. The molecule has 16 heteroatoms. The fraction of sp³-hybridized carbons (Fsp3) is 0.620. The molecule has 0 saturated heterocycles. The van der Waals surface area contributed by atoms with Gasteiger partial charge < -0.3 is 41.0 Å². The zero-order chi connectivity index (χ0) is 69.5. The number of allylic oxidation sites excluding steroid dienone is 20. The van der Waals surface area contributed by atoms with E-state index in [1.165, 1.54) is 5.57 Å². The average molecular weight is 1310 g/mol. The first-order valence-electron chi connectivity index (χ1n) is 35.4. The van der Waals surface area contributed by atoms with Crippen LogP contribution in [0.2, 0.25) is 0 Å². The van der Waals surface area contributed by atoms with Crippen LogP contribution in [0.3, 0.4) is 0 Å². The maximum atomic E-state index is 13.8. The third-order valence-electron chi connectivity index (χ3n) is 21.3. The molecule has 16 nitrogen and oxygen atoms in total. The Morgan fingerprint density at radius 1 is 0.463 bits per heavy atom. The number of hydrogen-bond donors (Lipinski definition) is 6. The molecule has 0 heterocycles. The van der Waals surface area contributed by atoms with Gasteiger partial charge >= 0.3 is 35.9 Å². The summed E-state index contributed by atoms with van der Waals surface area (Å²) < 4.78 is 12.0. The lowest BCUT2D eigenvalue weighted by molar-refractivity contribution is -0.160. The summed E-state index contributed by atoms with van der Waals surface area (Å²) in [7, 11) is 0. The van der Waals surface area contributed by atoms with Crippen LogP contribution in [0.15, 0.2) is 130 Å². The number of ether oxygens (including phenoxy) is 2. The first-order chi connectivity index (χ1) is 45.0. The molecular formula is C79H114N4O12. The summed E-state index contributed by atoms with van der Waals surface area (Å²) in [4.78, 5) is 104. The van der Waals surface area contributed by atoms with Gasteiger partial charge in [0.2, 0.25) is 5.78 Å². The maximum absolute atomic E-state index is 13.8. The molecule has 0 spiro atoms. The number of carboxylic acids is 2. The SMILES string of the molecule is CC(C=CC=C(C)C=CC1=C(C)CC(OC(=O)C(=O)CC2(CNC(=O)NCC3(CC(=O)O)CCCCC3)CCCCC2)CC1(C)C)=CC=CC=C(C)C=CC=C(C)C=CC1=C(C)C(=O)C(OC(=O)CC2(CNC(=O)NCC3(CC(=O)O)CCCCC3)CCCCC2)CC1(C)C. The Labute approximate surface area is 567 Å². The zero-order valence-electron chi connectivity index (χ0n) is 59.1. The predicted octanol–water partition coefficient (Wildman–Crippen LogP) is 16.5. The molecule has 4 saturated carbocycles. The number of esters is 2. The number of aliphatic carboxylic acids is 2. The number of urea groups is 2. The van der Waals surface area contributed by atoms with Crippen LogP contribution in [0.25, 0.3) is 0 Å². The van der Waals surface area contributed by atoms with Crippen molar-refractivity contribution in [1.82, 2.24) is 21.3 Å². The molecule has 95 heavy (non-hydrogen) atoms. The van der Waals surface area contributed by atoms with E-state index in [1.54, 1.807) is 0 Å². The fourth-order valence-corrected chi connectivity index (χ4v) is 15.8. The number of Topliss-reactive ketones (excluding diaryl/α,β-unsaturated/α-hetero) is 2. The van der Waals surface area contributed by atoms with Crippen molar-refractivity contribution in [3.05, 3.63) is 130 Å². The van der Waals surface area contributed by atoms with E-state index in [4.69, 9.17) is 9.47 Å². The van der Waals surface area contributed by atoms with Crippen LogP contribution >= 0.6 is 0 Å². The van der Waals surface area contributed by atoms with Gasteiger partial charge in [-0.25, -0.2) is 14.4 Å². The summed E-state index contributed by atoms with van der Waals surface area (Å²) >= 11 is 0. The lowest BCUT2D eigenvalue weighted by atomic mass is 9.70. The fourth-order valence-electron chi connectivity index (χ4n) is 15.8. The number of hydrogen-bond acceptors (Lipinski definition) is 10. The van der Waals surface area contributed by atoms with Gasteiger partial charge in [0, 0.05) is 45.4 Å². The van der Waals surface area contributed by atoms with Crippen molar-refractivity contribution >= 4 is 47.5 Å². The van der Waals surface area contributed by atoms with E-state index in [-0.39, 0.29) is 55.5 Å². The summed E-state index contributed by atoms with van der Waals surface area (Å²) in [6, 6.07) is -0.731. The lowest BCUT2D eigenvalue weighted by Crippen LogP contribution is -2.48. The third kappa shape index (κ3) is 24.5. The Kier molecular flexibility index (Phi) is 29.0. The number of carboxylic acid groups (broad SMARTS) is 2. The van der Waals surface area contributed by atoms with Gasteiger partial charge in [0.1, 0.15) is 6.10 Å². The summed E-state index contributed by atoms with van der Waals surface area (Å²) in [6.07, 6.45) is 46.7. The highest BCUT2D eigenvalue weighted by Gasteiger charge is 2.44. The molecule has 2 unspecified atom stereocenters. The van der Waals surface area contributed by atoms with Crippen molar-refractivity contribution in [3.8, 4) is 0 Å². The molecule has 4 fully saturated rings. The number of ketones is 2. The second-order valence-electron chi connectivity index (χ2n) is 30.6. The van der Waals surface area contributed by atoms with Crippen LogP contribution in [0, 0.1) is 32.5 Å². The van der Waals surface area contributed by atoms with E-state index in [0.29, 0.717) is 44.5 Å². The lowest BCUT2D eigenvalue weighted by Gasteiger charge is -2.39. The summed E-state index contributed by atoms with van der Waals surface area (Å²) in [5, 5.41) is 31.0. The molecule has 6 rings (SSSR count). The second kappa shape index (κ2) is 35.8. The minimum Gasteiger partial charge on any atom is -0.481 e. The van der Waals surface area contributed by atoms with Gasteiger partial charge in [-0.2, -0.15) is 0 Å². The molecule has 0 aromatic carbocycles. The minimum absolute atomic E-state index is 0.00720. The van der Waals surface area contributed by atoms with Crippen molar-refractivity contribution in [1.29, 1.82) is 0 Å². The zero-order valence-corrected chi connectivity index (χ0v) is 59.1. The molecule has 2 atom stereocenters. The van der Waals surface area contributed by atoms with E-state index < -0.39 is 68.9 Å². The molecule has 0 aromatic heterocycles. The normalized spacial score (nSPS) is 23.3. The van der Waals surface area contributed by atoms with Gasteiger partial charge in [0.25, 0.3) is 0 Å². The highest BCUT2D eigenvalue weighted by atomic mass is 16.6. The van der Waals surface area contributed by atoms with Crippen LogP contribution in [-0.4, -0.2) is 96.1 Å². The molecular weight excluding hydrogens is 1200 g/mol. The van der Waals surface area contributed by atoms with Gasteiger partial charge in [0.05, 0.1) is 19.3 Å². The molecule has 6 aliphatic carbocycles. The van der Waals surface area contributed by atoms with Crippen molar-refractivity contribution in [2.24, 2.45) is 32.5 Å². The first kappa shape index (κ1) is 76.9. The Bertz CT molecular complexity index is 3110. The van der Waals surface area contributed by atoms with Crippen LogP contribution in [-0.2, 0) is 38.2 Å². The third-order valence-corrected chi connectivity index (χ3v) is 21.3. The number of carbonyl (C=O) groups excluding carboxylic acids is 6. The van der Waals surface area contributed by atoms with Gasteiger partial charge in [0.15, 0.2) is 11.9 Å². The van der Waals surface area contributed by atoms with Crippen molar-refractivity contribution in [3.63, 3.8) is 0 Å². The first-order valence-corrected chi connectivity index (χ1v) is 35.4. The number of carbonyl (C=O) groups is 8. The summed E-state index contributed by atoms with van der Waals surface area (Å²) in [5.41, 5.74) is 5.34. The monoisotopic (exact) mass is 1310 g/mol. The quantitative estimate of drug-likeness (QED) is 0.0233. The molecule has 0 radical (unpaired) electrons. The molecule has 6 N–H and O–H groups in total. The molecule has 6 aliphatic rings. The number of amides is 4. The van der Waals surface area contributed by atoms with E-state index in [0.717, 1.165) is 162 Å². The Morgan fingerprint density at radius 2 is 0.821 bits per heavy atom. The highest BCUT2D eigenvalue weighted by Crippen LogP contribution is 2.46. The van der Waals surface area contributed by atoms with Crippen LogP contribution in [0.1, 0.15) is 243 Å². The summed E-state index contributed by atoms with van der Waals surface area (Å²) in [6.45, 7) is 21.6. The van der Waals surface area contributed by atoms with Gasteiger partial charge in [-0.15, -0.1) is 0 Å². The van der Waals surface area contributed by atoms with Gasteiger partial charge in [-0.05, 0) is 149 Å². The highest BCUT2D eigenvalue weighted by molar-refractivity contribution is 6.33. The van der Waals surface area contributed by atoms with Crippen LogP contribution in [0.4, 0.5) is 9.59 Å². The second-order valence-corrected chi connectivity index (χ2v) is 30.6. The number of rotatable bonds is 29. The molecule has 522 valence electrons. The molecule has 0 aliphatic heterocycles. The molecule has 4 amide bonds. The van der Waals surface area contributed by atoms with E-state index >= 15 is 0 Å². The van der Waals surface area contributed by atoms with Crippen LogP contribution in [0.5, 0.6) is 0 Å². The topological polar surface area (TPSA) is 244 Å². The van der Waals surface area contributed by atoms with E-state index in [2.05, 4.69) is 100 Å². The van der Waals surface area contributed by atoms with E-state index in [9.17, 15) is 48.6 Å². The number of nitrogens with one attached hydrogen (secondary N) is 4.